The predicted molar refractivity (Wildman–Crippen MR) is 78.4 cm³/mol. The number of halogens is 1. The zero-order valence-corrected chi connectivity index (χ0v) is 11.4. The SMILES string of the molecule is Oc1ccc2nc(-c3ccc(OCCCF)cc3)cn2c1. The summed E-state index contributed by atoms with van der Waals surface area (Å²) in [5.74, 6) is 0.914. The Kier molecular flexibility index (Phi) is 3.73. The van der Waals surface area contributed by atoms with Crippen molar-refractivity contribution in [2.75, 3.05) is 13.3 Å². The van der Waals surface area contributed by atoms with Gasteiger partial charge in [0.15, 0.2) is 0 Å². The maximum atomic E-state index is 12.0. The summed E-state index contributed by atoms with van der Waals surface area (Å²) < 4.78 is 19.2. The molecule has 5 heteroatoms. The van der Waals surface area contributed by atoms with E-state index in [-0.39, 0.29) is 12.4 Å². The molecule has 0 atom stereocenters. The smallest absolute Gasteiger partial charge is 0.137 e. The molecule has 0 unspecified atom stereocenters. The summed E-state index contributed by atoms with van der Waals surface area (Å²) in [5, 5.41) is 9.46. The fourth-order valence-electron chi connectivity index (χ4n) is 2.09. The van der Waals surface area contributed by atoms with E-state index in [1.54, 1.807) is 22.7 Å². The number of ether oxygens (including phenoxy) is 1. The van der Waals surface area contributed by atoms with E-state index in [1.807, 2.05) is 30.5 Å². The van der Waals surface area contributed by atoms with Crippen molar-refractivity contribution in [1.82, 2.24) is 9.38 Å². The second-order valence-corrected chi connectivity index (χ2v) is 4.69. The van der Waals surface area contributed by atoms with Crippen molar-refractivity contribution in [2.24, 2.45) is 0 Å². The summed E-state index contributed by atoms with van der Waals surface area (Å²) in [6.45, 7) is 0.00959. The summed E-state index contributed by atoms with van der Waals surface area (Å²) in [7, 11) is 0. The third-order valence-corrected chi connectivity index (χ3v) is 3.13. The van der Waals surface area contributed by atoms with Crippen LogP contribution in [-0.4, -0.2) is 27.8 Å². The van der Waals surface area contributed by atoms with Crippen molar-refractivity contribution in [1.29, 1.82) is 0 Å². The normalized spacial score (nSPS) is 10.9. The number of benzene rings is 1. The lowest BCUT2D eigenvalue weighted by Gasteiger charge is -2.04. The summed E-state index contributed by atoms with van der Waals surface area (Å²) >= 11 is 0. The van der Waals surface area contributed by atoms with E-state index in [2.05, 4.69) is 4.98 Å². The van der Waals surface area contributed by atoms with Gasteiger partial charge >= 0.3 is 0 Å². The van der Waals surface area contributed by atoms with Crippen LogP contribution >= 0.6 is 0 Å². The molecule has 2 heterocycles. The number of rotatable bonds is 5. The van der Waals surface area contributed by atoms with Crippen molar-refractivity contribution in [3.05, 3.63) is 48.8 Å². The molecule has 0 bridgehead atoms. The molecule has 0 aliphatic heterocycles. The molecule has 2 aromatic heterocycles. The summed E-state index contributed by atoms with van der Waals surface area (Å²) in [6.07, 6.45) is 3.87. The highest BCUT2D eigenvalue weighted by Gasteiger charge is 2.05. The molecule has 0 aliphatic carbocycles. The van der Waals surface area contributed by atoms with Gasteiger partial charge in [0.1, 0.15) is 17.1 Å². The highest BCUT2D eigenvalue weighted by Crippen LogP contribution is 2.23. The minimum absolute atomic E-state index is 0.197. The van der Waals surface area contributed by atoms with Crippen LogP contribution in [0.3, 0.4) is 0 Å². The van der Waals surface area contributed by atoms with Gasteiger partial charge < -0.3 is 14.2 Å². The van der Waals surface area contributed by atoms with Gasteiger partial charge in [0, 0.05) is 18.2 Å². The summed E-state index contributed by atoms with van der Waals surface area (Å²) in [5.41, 5.74) is 2.54. The average molecular weight is 286 g/mol. The van der Waals surface area contributed by atoms with Crippen LogP contribution in [0.2, 0.25) is 0 Å². The Hall–Kier alpha value is -2.56. The number of hydrogen-bond acceptors (Lipinski definition) is 3. The van der Waals surface area contributed by atoms with E-state index >= 15 is 0 Å². The fourth-order valence-corrected chi connectivity index (χ4v) is 2.09. The summed E-state index contributed by atoms with van der Waals surface area (Å²) in [6, 6.07) is 10.9. The molecule has 4 nitrogen and oxygen atoms in total. The van der Waals surface area contributed by atoms with Crippen LogP contribution in [-0.2, 0) is 0 Å². The molecule has 1 N–H and O–H groups in total. The van der Waals surface area contributed by atoms with Crippen LogP contribution < -0.4 is 4.74 Å². The minimum Gasteiger partial charge on any atom is -0.506 e. The Morgan fingerprint density at radius 2 is 1.90 bits per heavy atom. The average Bonchev–Trinajstić information content (AvgIpc) is 2.91. The van der Waals surface area contributed by atoms with E-state index in [1.165, 1.54) is 0 Å². The Morgan fingerprint density at radius 3 is 2.67 bits per heavy atom. The molecule has 108 valence electrons. The second kappa shape index (κ2) is 5.83. The Bertz CT molecular complexity index is 738. The van der Waals surface area contributed by atoms with Crippen molar-refractivity contribution in [2.45, 2.75) is 6.42 Å². The van der Waals surface area contributed by atoms with E-state index in [9.17, 15) is 9.50 Å². The predicted octanol–water partition coefficient (Wildman–Crippen LogP) is 3.45. The summed E-state index contributed by atoms with van der Waals surface area (Å²) in [4.78, 5) is 4.49. The molecule has 1 aromatic carbocycles. The fraction of sp³-hybridized carbons (Fsp3) is 0.188. The van der Waals surface area contributed by atoms with E-state index in [0.717, 1.165) is 16.9 Å². The van der Waals surface area contributed by atoms with Crippen molar-refractivity contribution < 1.29 is 14.2 Å². The van der Waals surface area contributed by atoms with Crippen LogP contribution in [0.25, 0.3) is 16.9 Å². The lowest BCUT2D eigenvalue weighted by molar-refractivity contribution is 0.289. The molecular formula is C16H15FN2O2. The van der Waals surface area contributed by atoms with Gasteiger partial charge in [-0.2, -0.15) is 0 Å². The van der Waals surface area contributed by atoms with Gasteiger partial charge in [0.2, 0.25) is 0 Å². The molecular weight excluding hydrogens is 271 g/mol. The first-order valence-corrected chi connectivity index (χ1v) is 6.73. The zero-order chi connectivity index (χ0) is 14.7. The molecule has 0 fully saturated rings. The second-order valence-electron chi connectivity index (χ2n) is 4.69. The maximum Gasteiger partial charge on any atom is 0.137 e. The van der Waals surface area contributed by atoms with E-state index in [4.69, 9.17) is 4.74 Å². The molecule has 0 saturated carbocycles. The van der Waals surface area contributed by atoms with E-state index < -0.39 is 0 Å². The molecule has 0 aliphatic rings. The number of aromatic nitrogens is 2. The number of imidazole rings is 1. The lowest BCUT2D eigenvalue weighted by Crippen LogP contribution is -1.97. The third kappa shape index (κ3) is 2.97. The van der Waals surface area contributed by atoms with Gasteiger partial charge in [-0.05, 0) is 36.4 Å². The van der Waals surface area contributed by atoms with Gasteiger partial charge in [-0.25, -0.2) is 4.98 Å². The monoisotopic (exact) mass is 286 g/mol. The van der Waals surface area contributed by atoms with E-state index in [0.29, 0.717) is 18.8 Å². The van der Waals surface area contributed by atoms with Gasteiger partial charge in [0.25, 0.3) is 0 Å². The maximum absolute atomic E-state index is 12.0. The number of aromatic hydroxyl groups is 1. The largest absolute Gasteiger partial charge is 0.506 e. The molecule has 0 spiro atoms. The topological polar surface area (TPSA) is 46.8 Å². The molecule has 0 amide bonds. The van der Waals surface area contributed by atoms with Gasteiger partial charge in [-0.15, -0.1) is 0 Å². The molecule has 0 saturated heterocycles. The van der Waals surface area contributed by atoms with Crippen LogP contribution in [0.4, 0.5) is 4.39 Å². The first kappa shape index (κ1) is 13.4. The van der Waals surface area contributed by atoms with Crippen molar-refractivity contribution >= 4 is 5.65 Å². The van der Waals surface area contributed by atoms with Gasteiger partial charge in [0.05, 0.1) is 25.2 Å². The number of nitrogens with zero attached hydrogens (tertiary/aromatic N) is 2. The van der Waals surface area contributed by atoms with Gasteiger partial charge in [-0.3, -0.25) is 4.39 Å². The molecule has 21 heavy (non-hydrogen) atoms. The van der Waals surface area contributed by atoms with Crippen LogP contribution in [0, 0.1) is 0 Å². The Balaban J connectivity index is 1.81. The number of pyridine rings is 1. The van der Waals surface area contributed by atoms with Crippen LogP contribution in [0.5, 0.6) is 11.5 Å². The first-order valence-electron chi connectivity index (χ1n) is 6.73. The standard InChI is InChI=1S/C16H15FN2O2/c17-8-1-9-21-14-5-2-12(3-6-14)15-11-19-10-13(20)4-7-16(19)18-15/h2-7,10-11,20H,1,8-9H2. The number of alkyl halides is 1. The quantitative estimate of drug-likeness (QED) is 0.731. The number of fused-ring (bicyclic) bond motifs is 1. The number of hydrogen-bond donors (Lipinski definition) is 1. The van der Waals surface area contributed by atoms with Crippen molar-refractivity contribution in [3.8, 4) is 22.8 Å². The van der Waals surface area contributed by atoms with Crippen molar-refractivity contribution in [3.63, 3.8) is 0 Å². The third-order valence-electron chi connectivity index (χ3n) is 3.13. The Labute approximate surface area is 121 Å². The van der Waals surface area contributed by atoms with Gasteiger partial charge in [-0.1, -0.05) is 0 Å². The minimum atomic E-state index is -0.369. The van der Waals surface area contributed by atoms with Crippen LogP contribution in [0.15, 0.2) is 48.8 Å². The van der Waals surface area contributed by atoms with Crippen LogP contribution in [0.1, 0.15) is 6.42 Å². The molecule has 0 radical (unpaired) electrons. The highest BCUT2D eigenvalue weighted by molar-refractivity contribution is 5.63. The zero-order valence-electron chi connectivity index (χ0n) is 11.4. The highest BCUT2D eigenvalue weighted by atomic mass is 19.1. The molecule has 3 aromatic rings. The first-order chi connectivity index (χ1) is 10.3. The lowest BCUT2D eigenvalue weighted by atomic mass is 10.2. The molecule has 3 rings (SSSR count). The Morgan fingerprint density at radius 1 is 1.10 bits per heavy atom.